The van der Waals surface area contributed by atoms with E-state index in [9.17, 15) is 9.59 Å². The van der Waals surface area contributed by atoms with Gasteiger partial charge in [-0.05, 0) is 37.6 Å². The maximum Gasteiger partial charge on any atom is 0.257 e. The zero-order valence-electron chi connectivity index (χ0n) is 14.1. The number of hydrogen-bond acceptors (Lipinski definition) is 3. The van der Waals surface area contributed by atoms with E-state index in [1.165, 1.54) is 4.57 Å². The van der Waals surface area contributed by atoms with Crippen LogP contribution in [0.4, 0.5) is 5.69 Å². The number of aromatic nitrogens is 2. The highest BCUT2D eigenvalue weighted by atomic mass is 16.2. The van der Waals surface area contributed by atoms with Crippen molar-refractivity contribution in [3.63, 3.8) is 0 Å². The lowest BCUT2D eigenvalue weighted by atomic mass is 10.1. The number of benzene rings is 2. The van der Waals surface area contributed by atoms with E-state index >= 15 is 0 Å². The topological polar surface area (TPSA) is 64.0 Å². The first kappa shape index (κ1) is 15.6. The Morgan fingerprint density at radius 3 is 2.84 bits per heavy atom. The summed E-state index contributed by atoms with van der Waals surface area (Å²) in [5.41, 5.74) is 2.34. The van der Waals surface area contributed by atoms with Crippen LogP contribution in [0.1, 0.15) is 23.5 Å². The van der Waals surface area contributed by atoms with Crippen LogP contribution >= 0.6 is 0 Å². The van der Waals surface area contributed by atoms with E-state index in [1.54, 1.807) is 6.92 Å². The summed E-state index contributed by atoms with van der Waals surface area (Å²) in [5, 5.41) is 4.97. The Bertz CT molecular complexity index is 1030. The molecule has 0 bridgehead atoms. The van der Waals surface area contributed by atoms with Gasteiger partial charge in [0, 0.05) is 16.6 Å². The number of anilines is 1. The lowest BCUT2D eigenvalue weighted by molar-refractivity contribution is -0.116. The van der Waals surface area contributed by atoms with Crippen LogP contribution in [0.25, 0.3) is 10.8 Å². The Labute approximate surface area is 145 Å². The van der Waals surface area contributed by atoms with Gasteiger partial charge in [0.2, 0.25) is 5.91 Å². The quantitative estimate of drug-likeness (QED) is 0.801. The molecule has 2 aromatic carbocycles. The molecule has 25 heavy (non-hydrogen) atoms. The van der Waals surface area contributed by atoms with Crippen molar-refractivity contribution in [1.29, 1.82) is 0 Å². The van der Waals surface area contributed by atoms with Gasteiger partial charge in [0.25, 0.3) is 5.56 Å². The van der Waals surface area contributed by atoms with Gasteiger partial charge in [-0.15, -0.1) is 0 Å². The van der Waals surface area contributed by atoms with Crippen LogP contribution in [0.5, 0.6) is 0 Å². The maximum absolute atomic E-state index is 12.6. The standard InChI is InChI=1S/C20H19N3O2/c1-13-21-18-11-5-9-16(18)20(25)23(13)12-19(24)22-17-10-4-7-14-6-2-3-8-15(14)17/h2-4,6-8,10H,5,9,11-12H2,1H3,(H,22,24). The second-order valence-electron chi connectivity index (χ2n) is 6.40. The fraction of sp³-hybridized carbons (Fsp3) is 0.250. The average molecular weight is 333 g/mol. The first-order chi connectivity index (χ1) is 12.1. The van der Waals surface area contributed by atoms with Crippen molar-refractivity contribution in [3.8, 4) is 0 Å². The number of nitrogens with zero attached hydrogens (tertiary/aromatic N) is 2. The van der Waals surface area contributed by atoms with Crippen LogP contribution in [0, 0.1) is 6.92 Å². The lowest BCUT2D eigenvalue weighted by Crippen LogP contribution is -2.32. The van der Waals surface area contributed by atoms with Gasteiger partial charge in [0.1, 0.15) is 12.4 Å². The van der Waals surface area contributed by atoms with Crippen molar-refractivity contribution < 1.29 is 4.79 Å². The maximum atomic E-state index is 12.6. The van der Waals surface area contributed by atoms with Crippen molar-refractivity contribution in [2.24, 2.45) is 0 Å². The Hall–Kier alpha value is -2.95. The molecule has 0 atom stereocenters. The SMILES string of the molecule is Cc1nc2c(c(=O)n1CC(=O)Nc1cccc3ccccc13)CCC2. The Kier molecular flexibility index (Phi) is 3.84. The number of fused-ring (bicyclic) bond motifs is 2. The summed E-state index contributed by atoms with van der Waals surface area (Å²) in [6.07, 6.45) is 2.57. The molecule has 1 aliphatic rings. The normalized spacial score (nSPS) is 13.0. The summed E-state index contributed by atoms with van der Waals surface area (Å²) in [5.74, 6) is 0.375. The molecule has 0 radical (unpaired) electrons. The lowest BCUT2D eigenvalue weighted by Gasteiger charge is -2.13. The molecule has 1 N–H and O–H groups in total. The third kappa shape index (κ3) is 2.82. The fourth-order valence-electron chi connectivity index (χ4n) is 3.50. The van der Waals surface area contributed by atoms with E-state index < -0.39 is 0 Å². The van der Waals surface area contributed by atoms with Crippen molar-refractivity contribution >= 4 is 22.4 Å². The van der Waals surface area contributed by atoms with Crippen molar-refractivity contribution in [1.82, 2.24) is 9.55 Å². The Balaban J connectivity index is 1.62. The van der Waals surface area contributed by atoms with Gasteiger partial charge < -0.3 is 5.32 Å². The highest BCUT2D eigenvalue weighted by molar-refractivity contribution is 6.02. The summed E-state index contributed by atoms with van der Waals surface area (Å²) >= 11 is 0. The average Bonchev–Trinajstić information content (AvgIpc) is 3.07. The van der Waals surface area contributed by atoms with Gasteiger partial charge >= 0.3 is 0 Å². The van der Waals surface area contributed by atoms with E-state index in [-0.39, 0.29) is 18.0 Å². The predicted octanol–water partition coefficient (Wildman–Crippen LogP) is 2.83. The zero-order chi connectivity index (χ0) is 17.4. The molecule has 0 aliphatic heterocycles. The third-order valence-corrected chi connectivity index (χ3v) is 4.74. The molecule has 3 aromatic rings. The van der Waals surface area contributed by atoms with Gasteiger partial charge in [-0.3, -0.25) is 14.2 Å². The van der Waals surface area contributed by atoms with Crippen LogP contribution in [0.3, 0.4) is 0 Å². The third-order valence-electron chi connectivity index (χ3n) is 4.74. The van der Waals surface area contributed by atoms with Gasteiger partial charge in [0.15, 0.2) is 0 Å². The molecule has 1 aromatic heterocycles. The molecule has 5 heteroatoms. The smallest absolute Gasteiger partial charge is 0.257 e. The molecule has 1 aliphatic carbocycles. The van der Waals surface area contributed by atoms with E-state index in [2.05, 4.69) is 10.3 Å². The van der Waals surface area contributed by atoms with Crippen LogP contribution in [-0.4, -0.2) is 15.5 Å². The Morgan fingerprint density at radius 1 is 1.16 bits per heavy atom. The van der Waals surface area contributed by atoms with E-state index in [1.807, 2.05) is 42.5 Å². The molecule has 126 valence electrons. The molecule has 5 nitrogen and oxygen atoms in total. The highest BCUT2D eigenvalue weighted by Gasteiger charge is 2.20. The molecular formula is C20H19N3O2. The van der Waals surface area contributed by atoms with E-state index in [0.29, 0.717) is 5.82 Å². The van der Waals surface area contributed by atoms with Crippen molar-refractivity contribution in [3.05, 3.63) is 69.9 Å². The summed E-state index contributed by atoms with van der Waals surface area (Å²) in [6, 6.07) is 13.7. The minimum atomic E-state index is -0.221. The second-order valence-corrected chi connectivity index (χ2v) is 6.40. The van der Waals surface area contributed by atoms with E-state index in [0.717, 1.165) is 47.0 Å². The largest absolute Gasteiger partial charge is 0.324 e. The number of nitrogens with one attached hydrogen (secondary N) is 1. The first-order valence-corrected chi connectivity index (χ1v) is 8.50. The number of rotatable bonds is 3. The molecule has 4 rings (SSSR count). The van der Waals surface area contributed by atoms with Gasteiger partial charge in [-0.1, -0.05) is 36.4 Å². The number of hydrogen-bond donors (Lipinski definition) is 1. The molecule has 0 spiro atoms. The summed E-state index contributed by atoms with van der Waals surface area (Å²) in [7, 11) is 0. The molecule has 0 saturated heterocycles. The Morgan fingerprint density at radius 2 is 1.96 bits per heavy atom. The van der Waals surface area contributed by atoms with Crippen LogP contribution in [0.2, 0.25) is 0 Å². The number of carbonyl (C=O) groups excluding carboxylic acids is 1. The molecule has 0 fully saturated rings. The minimum Gasteiger partial charge on any atom is -0.324 e. The summed E-state index contributed by atoms with van der Waals surface area (Å²) in [4.78, 5) is 29.7. The van der Waals surface area contributed by atoms with Crippen molar-refractivity contribution in [2.45, 2.75) is 32.7 Å². The predicted molar refractivity (Wildman–Crippen MR) is 97.8 cm³/mol. The fourth-order valence-corrected chi connectivity index (χ4v) is 3.50. The molecule has 1 amide bonds. The number of aryl methyl sites for hydroxylation is 2. The zero-order valence-corrected chi connectivity index (χ0v) is 14.1. The monoisotopic (exact) mass is 333 g/mol. The van der Waals surface area contributed by atoms with Crippen LogP contribution in [0.15, 0.2) is 47.3 Å². The number of amides is 1. The van der Waals surface area contributed by atoms with E-state index in [4.69, 9.17) is 0 Å². The first-order valence-electron chi connectivity index (χ1n) is 8.50. The van der Waals surface area contributed by atoms with Crippen molar-refractivity contribution in [2.75, 3.05) is 5.32 Å². The molecule has 0 unspecified atom stereocenters. The molecular weight excluding hydrogens is 314 g/mol. The molecule has 0 saturated carbocycles. The van der Waals surface area contributed by atoms with Gasteiger partial charge in [-0.25, -0.2) is 4.98 Å². The minimum absolute atomic E-state index is 0.0197. The van der Waals surface area contributed by atoms with Crippen LogP contribution in [-0.2, 0) is 24.2 Å². The summed E-state index contributed by atoms with van der Waals surface area (Å²) in [6.45, 7) is 1.76. The van der Waals surface area contributed by atoms with Gasteiger partial charge in [-0.2, -0.15) is 0 Å². The van der Waals surface area contributed by atoms with Gasteiger partial charge in [0.05, 0.1) is 5.69 Å². The number of carbonyl (C=O) groups is 1. The molecule has 1 heterocycles. The second kappa shape index (κ2) is 6.16. The van der Waals surface area contributed by atoms with Crippen LogP contribution < -0.4 is 10.9 Å². The summed E-state index contributed by atoms with van der Waals surface area (Å²) < 4.78 is 1.48. The highest BCUT2D eigenvalue weighted by Crippen LogP contribution is 2.23.